The molecule has 0 aliphatic carbocycles. The topological polar surface area (TPSA) is 52.1 Å². The minimum atomic E-state index is -0.461. The molecule has 0 aliphatic rings. The van der Waals surface area contributed by atoms with Crippen LogP contribution in [0, 0.1) is 6.92 Å². The number of carbonyl (C=O) groups excluding carboxylic acids is 1. The quantitative estimate of drug-likeness (QED) is 0.720. The second-order valence-corrected chi connectivity index (χ2v) is 4.69. The molecule has 0 bridgehead atoms. The molecular weight excluding hydrogens is 204 g/mol. The third-order valence-electron chi connectivity index (χ3n) is 2.08. The van der Waals surface area contributed by atoms with Gasteiger partial charge in [0.2, 0.25) is 5.82 Å². The number of nitrogens with zero attached hydrogens (tertiary/aromatic N) is 2. The average Bonchev–Trinajstić information content (AvgIpc) is 2.16. The van der Waals surface area contributed by atoms with Crippen LogP contribution in [0.25, 0.3) is 0 Å². The first kappa shape index (κ1) is 12.6. The zero-order valence-corrected chi connectivity index (χ0v) is 10.5. The Morgan fingerprint density at radius 2 is 2.00 bits per heavy atom. The molecule has 0 aromatic carbocycles. The van der Waals surface area contributed by atoms with Crippen LogP contribution in [-0.2, 0) is 10.2 Å². The van der Waals surface area contributed by atoms with E-state index in [1.165, 1.54) is 0 Å². The van der Waals surface area contributed by atoms with E-state index in [1.807, 2.05) is 33.8 Å². The summed E-state index contributed by atoms with van der Waals surface area (Å²) < 4.78 is 4.89. The van der Waals surface area contributed by atoms with Crippen LogP contribution < -0.4 is 0 Å². The number of aromatic nitrogens is 2. The summed E-state index contributed by atoms with van der Waals surface area (Å²) in [7, 11) is 0. The van der Waals surface area contributed by atoms with Gasteiger partial charge >= 0.3 is 5.97 Å². The molecule has 1 heterocycles. The molecule has 16 heavy (non-hydrogen) atoms. The number of esters is 1. The van der Waals surface area contributed by atoms with Gasteiger partial charge in [0.15, 0.2) is 0 Å². The third kappa shape index (κ3) is 3.02. The Labute approximate surface area is 96.1 Å². The van der Waals surface area contributed by atoms with E-state index in [0.29, 0.717) is 6.61 Å². The van der Waals surface area contributed by atoms with Crippen molar-refractivity contribution in [2.24, 2.45) is 0 Å². The Balaban J connectivity index is 3.13. The molecule has 4 nitrogen and oxygen atoms in total. The number of carbonyl (C=O) groups is 1. The summed E-state index contributed by atoms with van der Waals surface area (Å²) in [6.07, 6.45) is 0. The summed E-state index contributed by atoms with van der Waals surface area (Å²) in [6, 6.07) is 1.89. The fourth-order valence-electron chi connectivity index (χ4n) is 1.24. The first-order valence-electron chi connectivity index (χ1n) is 5.38. The molecule has 0 fully saturated rings. The van der Waals surface area contributed by atoms with E-state index in [4.69, 9.17) is 4.74 Å². The minimum absolute atomic E-state index is 0.102. The highest BCUT2D eigenvalue weighted by Crippen LogP contribution is 2.20. The van der Waals surface area contributed by atoms with Gasteiger partial charge in [-0.15, -0.1) is 0 Å². The largest absolute Gasteiger partial charge is 0.460 e. The van der Waals surface area contributed by atoms with Crippen LogP contribution in [0.15, 0.2) is 6.07 Å². The van der Waals surface area contributed by atoms with Gasteiger partial charge in [0.05, 0.1) is 12.3 Å². The van der Waals surface area contributed by atoms with E-state index in [9.17, 15) is 4.79 Å². The van der Waals surface area contributed by atoms with Crippen molar-refractivity contribution in [2.45, 2.75) is 40.0 Å². The van der Waals surface area contributed by atoms with Gasteiger partial charge in [0, 0.05) is 11.1 Å². The van der Waals surface area contributed by atoms with Crippen molar-refractivity contribution in [3.63, 3.8) is 0 Å². The van der Waals surface area contributed by atoms with E-state index in [-0.39, 0.29) is 11.2 Å². The molecule has 88 valence electrons. The summed E-state index contributed by atoms with van der Waals surface area (Å²) in [6.45, 7) is 10.1. The Kier molecular flexibility index (Phi) is 3.62. The van der Waals surface area contributed by atoms with E-state index in [2.05, 4.69) is 9.97 Å². The molecule has 1 aromatic heterocycles. The molecule has 1 rings (SSSR count). The molecule has 4 heteroatoms. The number of hydrogen-bond acceptors (Lipinski definition) is 4. The highest BCUT2D eigenvalue weighted by molar-refractivity contribution is 5.85. The predicted octanol–water partition coefficient (Wildman–Crippen LogP) is 2.26. The first-order chi connectivity index (χ1) is 7.34. The lowest BCUT2D eigenvalue weighted by Crippen LogP contribution is -2.19. The fourth-order valence-corrected chi connectivity index (χ4v) is 1.24. The Bertz CT molecular complexity index is 394. The smallest absolute Gasteiger partial charge is 0.376 e. The van der Waals surface area contributed by atoms with Crippen LogP contribution in [0.2, 0.25) is 0 Å². The molecule has 0 amide bonds. The van der Waals surface area contributed by atoms with Gasteiger partial charge < -0.3 is 4.74 Å². The monoisotopic (exact) mass is 222 g/mol. The summed E-state index contributed by atoms with van der Waals surface area (Å²) in [5.74, 6) is -0.316. The van der Waals surface area contributed by atoms with Crippen LogP contribution in [0.5, 0.6) is 0 Å². The third-order valence-corrected chi connectivity index (χ3v) is 2.08. The standard InChI is InChI=1S/C12H18N2O2/c1-6-16-11(15)10-13-8(2)7-9(14-10)12(3,4)5/h7H,6H2,1-5H3. The molecule has 0 radical (unpaired) electrons. The van der Waals surface area contributed by atoms with Crippen molar-refractivity contribution in [1.29, 1.82) is 0 Å². The summed E-state index contributed by atoms with van der Waals surface area (Å²) in [5.41, 5.74) is 1.53. The molecule has 0 saturated heterocycles. The molecule has 0 N–H and O–H groups in total. The molecule has 0 spiro atoms. The number of ether oxygens (including phenoxy) is 1. The first-order valence-corrected chi connectivity index (χ1v) is 5.38. The molecule has 0 saturated carbocycles. The molecule has 0 atom stereocenters. The molecule has 1 aromatic rings. The zero-order chi connectivity index (χ0) is 12.3. The van der Waals surface area contributed by atoms with Crippen molar-refractivity contribution in [1.82, 2.24) is 9.97 Å². The Morgan fingerprint density at radius 1 is 1.38 bits per heavy atom. The van der Waals surface area contributed by atoms with E-state index < -0.39 is 5.97 Å². The Hall–Kier alpha value is -1.45. The predicted molar refractivity (Wildman–Crippen MR) is 61.4 cm³/mol. The van der Waals surface area contributed by atoms with Crippen molar-refractivity contribution < 1.29 is 9.53 Å². The lowest BCUT2D eigenvalue weighted by Gasteiger charge is -2.18. The Morgan fingerprint density at radius 3 is 2.50 bits per heavy atom. The van der Waals surface area contributed by atoms with Gasteiger partial charge in [-0.2, -0.15) is 0 Å². The van der Waals surface area contributed by atoms with Crippen molar-refractivity contribution in [2.75, 3.05) is 6.61 Å². The molecule has 0 aliphatic heterocycles. The fraction of sp³-hybridized carbons (Fsp3) is 0.583. The summed E-state index contributed by atoms with van der Waals surface area (Å²) >= 11 is 0. The van der Waals surface area contributed by atoms with Crippen LogP contribution in [0.3, 0.4) is 0 Å². The maximum Gasteiger partial charge on any atom is 0.376 e. The van der Waals surface area contributed by atoms with Gasteiger partial charge in [0.25, 0.3) is 0 Å². The van der Waals surface area contributed by atoms with E-state index in [0.717, 1.165) is 11.4 Å². The summed E-state index contributed by atoms with van der Waals surface area (Å²) in [5, 5.41) is 0. The normalized spacial score (nSPS) is 11.3. The average molecular weight is 222 g/mol. The van der Waals surface area contributed by atoms with Gasteiger partial charge in [-0.25, -0.2) is 14.8 Å². The van der Waals surface area contributed by atoms with Crippen molar-refractivity contribution in [3.8, 4) is 0 Å². The number of rotatable bonds is 2. The van der Waals surface area contributed by atoms with Gasteiger partial charge in [0.1, 0.15) is 0 Å². The van der Waals surface area contributed by atoms with Gasteiger partial charge in [-0.05, 0) is 19.9 Å². The van der Waals surface area contributed by atoms with Gasteiger partial charge in [-0.1, -0.05) is 20.8 Å². The van der Waals surface area contributed by atoms with Crippen LogP contribution in [0.1, 0.15) is 49.7 Å². The van der Waals surface area contributed by atoms with E-state index >= 15 is 0 Å². The second-order valence-electron chi connectivity index (χ2n) is 4.69. The van der Waals surface area contributed by atoms with Crippen molar-refractivity contribution in [3.05, 3.63) is 23.3 Å². The maximum atomic E-state index is 11.5. The lowest BCUT2D eigenvalue weighted by atomic mass is 9.91. The minimum Gasteiger partial charge on any atom is -0.460 e. The lowest BCUT2D eigenvalue weighted by molar-refractivity contribution is 0.0511. The van der Waals surface area contributed by atoms with Crippen LogP contribution in [-0.4, -0.2) is 22.5 Å². The molecule has 0 unspecified atom stereocenters. The maximum absolute atomic E-state index is 11.5. The number of aryl methyl sites for hydroxylation is 1. The summed E-state index contributed by atoms with van der Waals surface area (Å²) in [4.78, 5) is 19.8. The number of hydrogen-bond donors (Lipinski definition) is 0. The van der Waals surface area contributed by atoms with Crippen LogP contribution >= 0.6 is 0 Å². The highest BCUT2D eigenvalue weighted by atomic mass is 16.5. The molecular formula is C12H18N2O2. The second kappa shape index (κ2) is 4.60. The van der Waals surface area contributed by atoms with Crippen LogP contribution in [0.4, 0.5) is 0 Å². The zero-order valence-electron chi connectivity index (χ0n) is 10.5. The van der Waals surface area contributed by atoms with E-state index in [1.54, 1.807) is 6.92 Å². The SMILES string of the molecule is CCOC(=O)c1nc(C)cc(C(C)(C)C)n1. The van der Waals surface area contributed by atoms with Crippen molar-refractivity contribution >= 4 is 5.97 Å². The van der Waals surface area contributed by atoms with Gasteiger partial charge in [-0.3, -0.25) is 0 Å². The highest BCUT2D eigenvalue weighted by Gasteiger charge is 2.20.